The van der Waals surface area contributed by atoms with Gasteiger partial charge in [-0.1, -0.05) is 30.3 Å². The van der Waals surface area contributed by atoms with Crippen LogP contribution in [-0.4, -0.2) is 45.2 Å². The monoisotopic (exact) mass is 403 g/mol. The third-order valence-electron chi connectivity index (χ3n) is 5.86. The highest BCUT2D eigenvalue weighted by atomic mass is 16.2. The van der Waals surface area contributed by atoms with Gasteiger partial charge in [-0.2, -0.15) is 5.10 Å². The maximum atomic E-state index is 13.2. The Morgan fingerprint density at radius 3 is 2.70 bits per heavy atom. The van der Waals surface area contributed by atoms with Crippen LogP contribution in [0.2, 0.25) is 0 Å². The lowest BCUT2D eigenvalue weighted by molar-refractivity contribution is 0.0777. The van der Waals surface area contributed by atoms with Crippen LogP contribution in [0, 0.1) is 0 Å². The number of carbonyl (C=O) groups excluding carboxylic acids is 1. The Labute approximate surface area is 177 Å². The molecule has 0 aliphatic heterocycles. The summed E-state index contributed by atoms with van der Waals surface area (Å²) in [5, 5.41) is 8.28. The molecule has 1 atom stereocenters. The summed E-state index contributed by atoms with van der Waals surface area (Å²) in [7, 11) is 3.80. The molecule has 0 fully saturated rings. The number of carbonyl (C=O) groups is 1. The van der Waals surface area contributed by atoms with Crippen molar-refractivity contribution in [2.75, 3.05) is 13.6 Å². The van der Waals surface area contributed by atoms with Gasteiger partial charge in [-0.15, -0.1) is 0 Å². The molecule has 3 aromatic rings. The number of rotatable bonds is 7. The number of pyridine rings is 1. The van der Waals surface area contributed by atoms with Gasteiger partial charge in [-0.3, -0.25) is 14.5 Å². The Bertz CT molecular complexity index is 984. The van der Waals surface area contributed by atoms with Crippen molar-refractivity contribution in [1.29, 1.82) is 0 Å². The van der Waals surface area contributed by atoms with Crippen molar-refractivity contribution in [2.24, 2.45) is 7.05 Å². The van der Waals surface area contributed by atoms with E-state index in [0.29, 0.717) is 18.3 Å². The number of nitrogens with one attached hydrogen (secondary N) is 1. The Morgan fingerprint density at radius 1 is 1.17 bits per heavy atom. The zero-order chi connectivity index (χ0) is 20.9. The lowest BCUT2D eigenvalue weighted by Gasteiger charge is -2.25. The van der Waals surface area contributed by atoms with Gasteiger partial charge in [-0.05, 0) is 55.5 Å². The van der Waals surface area contributed by atoms with Crippen molar-refractivity contribution in [3.63, 3.8) is 0 Å². The van der Waals surface area contributed by atoms with Gasteiger partial charge in [0.05, 0.1) is 0 Å². The van der Waals surface area contributed by atoms with E-state index in [1.807, 2.05) is 61.5 Å². The van der Waals surface area contributed by atoms with E-state index in [1.54, 1.807) is 4.90 Å². The molecule has 4 rings (SSSR count). The molecular formula is C24H29N5O. The number of aryl methyl sites for hydroxylation is 1. The van der Waals surface area contributed by atoms with Gasteiger partial charge in [-0.25, -0.2) is 0 Å². The van der Waals surface area contributed by atoms with Crippen LogP contribution in [0.3, 0.4) is 0 Å². The van der Waals surface area contributed by atoms with Crippen LogP contribution in [0.5, 0.6) is 0 Å². The molecule has 1 aromatic carbocycles. The second-order valence-corrected chi connectivity index (χ2v) is 8.04. The minimum Gasteiger partial charge on any atom is -0.336 e. The summed E-state index contributed by atoms with van der Waals surface area (Å²) < 4.78 is 1.89. The van der Waals surface area contributed by atoms with Crippen LogP contribution in [0.4, 0.5) is 0 Å². The first-order valence-electron chi connectivity index (χ1n) is 10.6. The van der Waals surface area contributed by atoms with E-state index in [1.165, 1.54) is 11.3 Å². The number of aromatic nitrogens is 3. The van der Waals surface area contributed by atoms with Crippen LogP contribution < -0.4 is 5.32 Å². The first-order valence-corrected chi connectivity index (χ1v) is 10.6. The molecule has 1 aliphatic rings. The van der Waals surface area contributed by atoms with Crippen molar-refractivity contribution in [3.05, 3.63) is 82.9 Å². The van der Waals surface area contributed by atoms with Crippen molar-refractivity contribution >= 4 is 5.91 Å². The van der Waals surface area contributed by atoms with E-state index in [2.05, 4.69) is 27.5 Å². The number of hydrogen-bond donors (Lipinski definition) is 1. The van der Waals surface area contributed by atoms with Crippen molar-refractivity contribution in [3.8, 4) is 0 Å². The van der Waals surface area contributed by atoms with Crippen LogP contribution in [0.1, 0.15) is 39.3 Å². The minimum absolute atomic E-state index is 0.00635. The van der Waals surface area contributed by atoms with E-state index < -0.39 is 0 Å². The maximum absolute atomic E-state index is 13.2. The predicted octanol–water partition coefficient (Wildman–Crippen LogP) is 2.78. The second-order valence-electron chi connectivity index (χ2n) is 8.04. The summed E-state index contributed by atoms with van der Waals surface area (Å²) in [6.45, 7) is 1.50. The maximum Gasteiger partial charge on any atom is 0.274 e. The zero-order valence-corrected chi connectivity index (χ0v) is 17.7. The van der Waals surface area contributed by atoms with Crippen LogP contribution >= 0.6 is 0 Å². The largest absolute Gasteiger partial charge is 0.336 e. The number of hydrogen-bond acceptors (Lipinski definition) is 4. The topological polar surface area (TPSA) is 63.1 Å². The molecule has 2 heterocycles. The molecule has 6 heteroatoms. The molecule has 0 radical (unpaired) electrons. The Kier molecular flexibility index (Phi) is 6.23. The van der Waals surface area contributed by atoms with E-state index in [9.17, 15) is 4.79 Å². The number of benzene rings is 1. The zero-order valence-electron chi connectivity index (χ0n) is 17.7. The first-order chi connectivity index (χ1) is 14.6. The summed E-state index contributed by atoms with van der Waals surface area (Å²) in [5.74, 6) is -0.00635. The van der Waals surface area contributed by atoms with E-state index >= 15 is 0 Å². The third kappa shape index (κ3) is 4.60. The van der Waals surface area contributed by atoms with Crippen LogP contribution in [0.25, 0.3) is 0 Å². The lowest BCUT2D eigenvalue weighted by Crippen LogP contribution is -2.37. The Balaban J connectivity index is 1.41. The molecule has 2 aromatic heterocycles. The molecule has 0 spiro atoms. The standard InChI is InChI=1S/C24H29N5O/c1-28(17-19-6-4-3-5-7-19)24(30)23-21-16-20(8-9-22(21)29(2)27-23)26-15-12-18-10-13-25-14-11-18/h3-7,10-11,13-14,20,26H,8-9,12,15-17H2,1-2H3/t20-/m1/s1. The summed E-state index contributed by atoms with van der Waals surface area (Å²) in [4.78, 5) is 19.0. The molecule has 0 saturated carbocycles. The van der Waals surface area contributed by atoms with E-state index in [-0.39, 0.29) is 5.91 Å². The summed E-state index contributed by atoms with van der Waals surface area (Å²) >= 11 is 0. The van der Waals surface area contributed by atoms with Gasteiger partial charge < -0.3 is 10.2 Å². The fourth-order valence-electron chi connectivity index (χ4n) is 4.22. The highest BCUT2D eigenvalue weighted by Crippen LogP contribution is 2.25. The summed E-state index contributed by atoms with van der Waals surface area (Å²) in [6.07, 6.45) is 7.51. The average Bonchev–Trinajstić information content (AvgIpc) is 3.10. The van der Waals surface area contributed by atoms with Crippen LogP contribution in [0.15, 0.2) is 54.9 Å². The highest BCUT2D eigenvalue weighted by molar-refractivity contribution is 5.94. The number of nitrogens with zero attached hydrogens (tertiary/aromatic N) is 4. The van der Waals surface area contributed by atoms with Crippen molar-refractivity contribution < 1.29 is 4.79 Å². The first kappa shape index (κ1) is 20.3. The smallest absolute Gasteiger partial charge is 0.274 e. The molecule has 156 valence electrons. The fourth-order valence-corrected chi connectivity index (χ4v) is 4.22. The molecule has 1 amide bonds. The quantitative estimate of drug-likeness (QED) is 0.659. The Morgan fingerprint density at radius 2 is 1.93 bits per heavy atom. The molecule has 1 aliphatic carbocycles. The van der Waals surface area contributed by atoms with Crippen molar-refractivity contribution in [2.45, 2.75) is 38.3 Å². The third-order valence-corrected chi connectivity index (χ3v) is 5.86. The van der Waals surface area contributed by atoms with Crippen LogP contribution in [-0.2, 0) is 32.9 Å². The molecule has 0 bridgehead atoms. The van der Waals surface area contributed by atoms with Gasteiger partial charge in [0.2, 0.25) is 0 Å². The highest BCUT2D eigenvalue weighted by Gasteiger charge is 2.29. The van der Waals surface area contributed by atoms with Gasteiger partial charge in [0, 0.05) is 50.3 Å². The molecule has 1 N–H and O–H groups in total. The van der Waals surface area contributed by atoms with E-state index in [4.69, 9.17) is 0 Å². The molecule has 0 saturated heterocycles. The minimum atomic E-state index is -0.00635. The fraction of sp³-hybridized carbons (Fsp3) is 0.375. The summed E-state index contributed by atoms with van der Waals surface area (Å²) in [5.41, 5.74) is 5.31. The molecule has 0 unspecified atom stereocenters. The SMILES string of the molecule is CN(Cc1ccccc1)C(=O)c1nn(C)c2c1C[C@H](NCCc1ccncc1)CC2. The predicted molar refractivity (Wildman–Crippen MR) is 117 cm³/mol. The second kappa shape index (κ2) is 9.22. The Hall–Kier alpha value is -2.99. The molecular weight excluding hydrogens is 374 g/mol. The molecule has 30 heavy (non-hydrogen) atoms. The van der Waals surface area contributed by atoms with Gasteiger partial charge in [0.15, 0.2) is 5.69 Å². The van der Waals surface area contributed by atoms with E-state index in [0.717, 1.165) is 43.4 Å². The van der Waals surface area contributed by atoms with Crippen molar-refractivity contribution in [1.82, 2.24) is 25.0 Å². The molecule has 6 nitrogen and oxygen atoms in total. The van der Waals surface area contributed by atoms with Gasteiger partial charge in [0.25, 0.3) is 5.91 Å². The van der Waals surface area contributed by atoms with Gasteiger partial charge >= 0.3 is 0 Å². The van der Waals surface area contributed by atoms with Gasteiger partial charge in [0.1, 0.15) is 0 Å². The normalized spacial score (nSPS) is 15.6. The summed E-state index contributed by atoms with van der Waals surface area (Å²) in [6, 6.07) is 14.6. The number of amides is 1. The average molecular weight is 404 g/mol. The number of fused-ring (bicyclic) bond motifs is 1. The lowest BCUT2D eigenvalue weighted by atomic mass is 9.91.